The second-order valence-corrected chi connectivity index (χ2v) is 3.62. The normalized spacial score (nSPS) is 27.0. The summed E-state index contributed by atoms with van der Waals surface area (Å²) in [4.78, 5) is 1.87. The fourth-order valence-corrected chi connectivity index (χ4v) is 1.52. The lowest BCUT2D eigenvalue weighted by Gasteiger charge is -2.20. The maximum atomic E-state index is 12.2. The predicted molar refractivity (Wildman–Crippen MR) is 40.9 cm³/mol. The lowest BCUT2D eigenvalue weighted by molar-refractivity contribution is -0.170. The highest BCUT2D eigenvalue weighted by molar-refractivity contribution is 4.81. The molecule has 0 aromatic carbocycles. The summed E-state index contributed by atoms with van der Waals surface area (Å²) in [5.74, 6) is -1.10. The van der Waals surface area contributed by atoms with Crippen LogP contribution < -0.4 is 0 Å². The van der Waals surface area contributed by atoms with Crippen LogP contribution in [0, 0.1) is 5.92 Å². The van der Waals surface area contributed by atoms with Gasteiger partial charge in [-0.15, -0.1) is 0 Å². The van der Waals surface area contributed by atoms with E-state index in [1.807, 2.05) is 18.7 Å². The van der Waals surface area contributed by atoms with Gasteiger partial charge >= 0.3 is 6.18 Å². The number of halogens is 3. The van der Waals surface area contributed by atoms with Crippen molar-refractivity contribution in [3.05, 3.63) is 0 Å². The summed E-state index contributed by atoms with van der Waals surface area (Å²) >= 11 is 0. The minimum Gasteiger partial charge on any atom is -0.300 e. The zero-order valence-corrected chi connectivity index (χ0v) is 7.36. The minimum absolute atomic E-state index is 0.182. The van der Waals surface area contributed by atoms with E-state index in [2.05, 4.69) is 0 Å². The third kappa shape index (κ3) is 2.12. The fourth-order valence-electron chi connectivity index (χ4n) is 1.52. The van der Waals surface area contributed by atoms with Gasteiger partial charge in [0.25, 0.3) is 0 Å². The van der Waals surface area contributed by atoms with Crippen LogP contribution in [0.2, 0.25) is 0 Å². The zero-order valence-electron chi connectivity index (χ0n) is 7.36. The van der Waals surface area contributed by atoms with E-state index in [0.717, 1.165) is 0 Å². The molecule has 0 saturated carbocycles. The first kappa shape index (κ1) is 9.84. The molecule has 0 aliphatic carbocycles. The molecule has 0 unspecified atom stereocenters. The standard InChI is InChI=1S/C8H14F3N/c1-6(2)12-4-3-7(5-12)8(9,10)11/h6-7H,3-5H2,1-2H3/t7-/m0/s1. The molecule has 1 aliphatic heterocycles. The van der Waals surface area contributed by atoms with Crippen LogP contribution in [0.4, 0.5) is 13.2 Å². The average molecular weight is 181 g/mol. The molecule has 1 saturated heterocycles. The molecule has 0 N–H and O–H groups in total. The summed E-state index contributed by atoms with van der Waals surface area (Å²) in [6.07, 6.45) is -3.73. The van der Waals surface area contributed by atoms with Gasteiger partial charge in [0.2, 0.25) is 0 Å². The van der Waals surface area contributed by atoms with E-state index in [1.165, 1.54) is 0 Å². The van der Waals surface area contributed by atoms with Crippen molar-refractivity contribution in [1.82, 2.24) is 4.90 Å². The first-order chi connectivity index (χ1) is 5.41. The summed E-state index contributed by atoms with van der Waals surface area (Å²) in [5, 5.41) is 0. The molecule has 1 nitrogen and oxygen atoms in total. The molecule has 4 heteroatoms. The van der Waals surface area contributed by atoms with Crippen LogP contribution in [-0.4, -0.2) is 30.2 Å². The molecule has 1 aliphatic rings. The van der Waals surface area contributed by atoms with Crippen molar-refractivity contribution < 1.29 is 13.2 Å². The molecule has 0 bridgehead atoms. The van der Waals surface area contributed by atoms with Gasteiger partial charge in [0.15, 0.2) is 0 Å². The molecule has 0 aromatic heterocycles. The smallest absolute Gasteiger partial charge is 0.300 e. The first-order valence-electron chi connectivity index (χ1n) is 4.22. The van der Waals surface area contributed by atoms with Crippen LogP contribution in [0.15, 0.2) is 0 Å². The van der Waals surface area contributed by atoms with E-state index in [9.17, 15) is 13.2 Å². The van der Waals surface area contributed by atoms with Crippen molar-refractivity contribution >= 4 is 0 Å². The number of hydrogen-bond donors (Lipinski definition) is 0. The van der Waals surface area contributed by atoms with Crippen LogP contribution >= 0.6 is 0 Å². The van der Waals surface area contributed by atoms with Crippen molar-refractivity contribution in [1.29, 1.82) is 0 Å². The fraction of sp³-hybridized carbons (Fsp3) is 1.00. The molecule has 1 rings (SSSR count). The Morgan fingerprint density at radius 1 is 1.33 bits per heavy atom. The summed E-state index contributed by atoms with van der Waals surface area (Å²) in [5.41, 5.74) is 0. The van der Waals surface area contributed by atoms with Crippen LogP contribution in [0.3, 0.4) is 0 Å². The van der Waals surface area contributed by atoms with Gasteiger partial charge in [0.1, 0.15) is 0 Å². The summed E-state index contributed by atoms with van der Waals surface area (Å²) in [7, 11) is 0. The summed E-state index contributed by atoms with van der Waals surface area (Å²) in [6, 6.07) is 0.234. The quantitative estimate of drug-likeness (QED) is 0.599. The highest BCUT2D eigenvalue weighted by Gasteiger charge is 2.43. The Bertz CT molecular complexity index is 153. The Morgan fingerprint density at radius 2 is 1.92 bits per heavy atom. The van der Waals surface area contributed by atoms with Gasteiger partial charge in [-0.3, -0.25) is 0 Å². The summed E-state index contributed by atoms with van der Waals surface area (Å²) < 4.78 is 36.5. The highest BCUT2D eigenvalue weighted by atomic mass is 19.4. The van der Waals surface area contributed by atoms with Gasteiger partial charge in [-0.05, 0) is 26.8 Å². The number of rotatable bonds is 1. The Morgan fingerprint density at radius 3 is 2.17 bits per heavy atom. The van der Waals surface area contributed by atoms with E-state index in [4.69, 9.17) is 0 Å². The number of nitrogens with zero attached hydrogens (tertiary/aromatic N) is 1. The van der Waals surface area contributed by atoms with Gasteiger partial charge in [0, 0.05) is 12.6 Å². The molecule has 0 spiro atoms. The topological polar surface area (TPSA) is 3.24 Å². The lowest BCUT2D eigenvalue weighted by Crippen LogP contribution is -2.31. The molecule has 1 heterocycles. The van der Waals surface area contributed by atoms with Gasteiger partial charge in [-0.1, -0.05) is 0 Å². The van der Waals surface area contributed by atoms with Crippen molar-refractivity contribution in [2.24, 2.45) is 5.92 Å². The zero-order chi connectivity index (χ0) is 9.35. The first-order valence-corrected chi connectivity index (χ1v) is 4.22. The third-order valence-corrected chi connectivity index (χ3v) is 2.41. The van der Waals surface area contributed by atoms with Gasteiger partial charge in [0.05, 0.1) is 5.92 Å². The largest absolute Gasteiger partial charge is 0.393 e. The van der Waals surface area contributed by atoms with Gasteiger partial charge in [-0.25, -0.2) is 0 Å². The maximum Gasteiger partial charge on any atom is 0.393 e. The lowest BCUT2D eigenvalue weighted by atomic mass is 10.1. The van der Waals surface area contributed by atoms with Crippen LogP contribution in [0.5, 0.6) is 0 Å². The van der Waals surface area contributed by atoms with E-state index in [-0.39, 0.29) is 19.0 Å². The van der Waals surface area contributed by atoms with E-state index in [0.29, 0.717) is 6.54 Å². The second kappa shape index (κ2) is 3.24. The van der Waals surface area contributed by atoms with Gasteiger partial charge in [-0.2, -0.15) is 13.2 Å². The SMILES string of the molecule is CC(C)N1CC[C@H](C(F)(F)F)C1. The van der Waals surface area contributed by atoms with Crippen LogP contribution in [-0.2, 0) is 0 Å². The summed E-state index contributed by atoms with van der Waals surface area (Å²) in [6.45, 7) is 4.63. The Labute approximate surface area is 70.5 Å². The van der Waals surface area contributed by atoms with E-state index in [1.54, 1.807) is 0 Å². The Kier molecular flexibility index (Phi) is 2.66. The molecular formula is C8H14F3N. The molecule has 1 atom stereocenters. The molecule has 0 amide bonds. The van der Waals surface area contributed by atoms with Crippen molar-refractivity contribution in [2.45, 2.75) is 32.5 Å². The second-order valence-electron chi connectivity index (χ2n) is 3.62. The molecule has 0 radical (unpaired) electrons. The van der Waals surface area contributed by atoms with Crippen molar-refractivity contribution in [3.63, 3.8) is 0 Å². The average Bonchev–Trinajstić information content (AvgIpc) is 2.30. The van der Waals surface area contributed by atoms with Gasteiger partial charge < -0.3 is 4.90 Å². The third-order valence-electron chi connectivity index (χ3n) is 2.41. The van der Waals surface area contributed by atoms with E-state index < -0.39 is 12.1 Å². The predicted octanol–water partition coefficient (Wildman–Crippen LogP) is 2.28. The monoisotopic (exact) mass is 181 g/mol. The molecular weight excluding hydrogens is 167 g/mol. The molecule has 1 fully saturated rings. The Balaban J connectivity index is 2.46. The maximum absolute atomic E-state index is 12.2. The van der Waals surface area contributed by atoms with Crippen molar-refractivity contribution in [3.8, 4) is 0 Å². The van der Waals surface area contributed by atoms with E-state index >= 15 is 0 Å². The number of likely N-dealkylation sites (tertiary alicyclic amines) is 1. The minimum atomic E-state index is -4.00. The Hall–Kier alpha value is -0.250. The van der Waals surface area contributed by atoms with Crippen LogP contribution in [0.25, 0.3) is 0 Å². The highest BCUT2D eigenvalue weighted by Crippen LogP contribution is 2.33. The molecule has 72 valence electrons. The number of alkyl halides is 3. The van der Waals surface area contributed by atoms with Crippen molar-refractivity contribution in [2.75, 3.05) is 13.1 Å². The van der Waals surface area contributed by atoms with Crippen LogP contribution in [0.1, 0.15) is 20.3 Å². The number of hydrogen-bond acceptors (Lipinski definition) is 1. The molecule has 0 aromatic rings. The molecule has 12 heavy (non-hydrogen) atoms.